The van der Waals surface area contributed by atoms with Crippen molar-refractivity contribution in [3.8, 4) is 0 Å². The van der Waals surface area contributed by atoms with E-state index in [1.165, 1.54) is 32.1 Å². The van der Waals surface area contributed by atoms with E-state index in [9.17, 15) is 0 Å². The van der Waals surface area contributed by atoms with Crippen LogP contribution in [0.15, 0.2) is 0 Å². The first kappa shape index (κ1) is 17.9. The Labute approximate surface area is 126 Å². The highest BCUT2D eigenvalue weighted by atomic mass is 16.5. The Hall–Kier alpha value is -0.120. The van der Waals surface area contributed by atoms with E-state index in [1.807, 2.05) is 0 Å². The molecule has 20 heavy (non-hydrogen) atoms. The molecule has 3 nitrogen and oxygen atoms in total. The quantitative estimate of drug-likeness (QED) is 0.623. The SMILES string of the molecule is CC(C)CCCCCCNCC1CN(C(C)C)CCO1. The van der Waals surface area contributed by atoms with Crippen LogP contribution in [0.25, 0.3) is 0 Å². The smallest absolute Gasteiger partial charge is 0.0826 e. The molecule has 0 aromatic rings. The summed E-state index contributed by atoms with van der Waals surface area (Å²) in [4.78, 5) is 2.52. The predicted octanol–water partition coefficient (Wildman–Crippen LogP) is 3.29. The van der Waals surface area contributed by atoms with Crippen LogP contribution < -0.4 is 5.32 Å². The molecule has 0 radical (unpaired) electrons. The second kappa shape index (κ2) is 10.6. The summed E-state index contributed by atoms with van der Waals surface area (Å²) in [6.45, 7) is 14.4. The lowest BCUT2D eigenvalue weighted by molar-refractivity contribution is -0.0370. The molecule has 1 heterocycles. The first-order chi connectivity index (χ1) is 9.59. The number of ether oxygens (including phenoxy) is 1. The van der Waals surface area contributed by atoms with Crippen molar-refractivity contribution in [3.63, 3.8) is 0 Å². The second-order valence-corrected chi connectivity index (χ2v) is 6.88. The van der Waals surface area contributed by atoms with Crippen LogP contribution in [-0.4, -0.2) is 49.8 Å². The second-order valence-electron chi connectivity index (χ2n) is 6.88. The van der Waals surface area contributed by atoms with Gasteiger partial charge in [0.05, 0.1) is 12.7 Å². The largest absolute Gasteiger partial charge is 0.374 e. The van der Waals surface area contributed by atoms with E-state index >= 15 is 0 Å². The van der Waals surface area contributed by atoms with E-state index < -0.39 is 0 Å². The minimum atomic E-state index is 0.382. The summed E-state index contributed by atoms with van der Waals surface area (Å²) in [5.41, 5.74) is 0. The van der Waals surface area contributed by atoms with Gasteiger partial charge in [0.25, 0.3) is 0 Å². The summed E-state index contributed by atoms with van der Waals surface area (Å²) in [5.74, 6) is 0.862. The molecule has 1 atom stereocenters. The summed E-state index contributed by atoms with van der Waals surface area (Å²) in [6.07, 6.45) is 7.22. The van der Waals surface area contributed by atoms with Crippen LogP contribution in [-0.2, 0) is 4.74 Å². The van der Waals surface area contributed by atoms with Crippen LogP contribution in [0, 0.1) is 5.92 Å². The minimum absolute atomic E-state index is 0.382. The van der Waals surface area contributed by atoms with E-state index in [1.54, 1.807) is 0 Å². The lowest BCUT2D eigenvalue weighted by atomic mass is 10.0. The van der Waals surface area contributed by atoms with Gasteiger partial charge in [-0.2, -0.15) is 0 Å². The monoisotopic (exact) mass is 284 g/mol. The van der Waals surface area contributed by atoms with E-state index in [2.05, 4.69) is 37.9 Å². The van der Waals surface area contributed by atoms with Crippen molar-refractivity contribution in [1.82, 2.24) is 10.2 Å². The van der Waals surface area contributed by atoms with Gasteiger partial charge in [-0.25, -0.2) is 0 Å². The first-order valence-electron chi connectivity index (χ1n) is 8.66. The van der Waals surface area contributed by atoms with Crippen LogP contribution in [0.5, 0.6) is 0 Å². The molecule has 0 bridgehead atoms. The minimum Gasteiger partial charge on any atom is -0.374 e. The van der Waals surface area contributed by atoms with Gasteiger partial charge in [0.2, 0.25) is 0 Å². The van der Waals surface area contributed by atoms with Crippen molar-refractivity contribution in [2.45, 2.75) is 71.9 Å². The van der Waals surface area contributed by atoms with Crippen molar-refractivity contribution in [3.05, 3.63) is 0 Å². The zero-order valence-electron chi connectivity index (χ0n) is 14.2. The summed E-state index contributed by atoms with van der Waals surface area (Å²) in [5, 5.41) is 3.56. The molecule has 0 aliphatic carbocycles. The fraction of sp³-hybridized carbons (Fsp3) is 1.00. The average molecular weight is 284 g/mol. The topological polar surface area (TPSA) is 24.5 Å². The van der Waals surface area contributed by atoms with Gasteiger partial charge in [-0.15, -0.1) is 0 Å². The summed E-state index contributed by atoms with van der Waals surface area (Å²) in [7, 11) is 0. The molecule has 3 heteroatoms. The van der Waals surface area contributed by atoms with Gasteiger partial charge in [-0.05, 0) is 32.7 Å². The van der Waals surface area contributed by atoms with Gasteiger partial charge in [-0.1, -0.05) is 39.5 Å². The molecule has 1 rings (SSSR count). The molecular weight excluding hydrogens is 248 g/mol. The number of unbranched alkanes of at least 4 members (excludes halogenated alkanes) is 3. The lowest BCUT2D eigenvalue weighted by Gasteiger charge is -2.35. The van der Waals surface area contributed by atoms with Crippen molar-refractivity contribution in [2.24, 2.45) is 5.92 Å². The predicted molar refractivity (Wildman–Crippen MR) is 87.2 cm³/mol. The van der Waals surface area contributed by atoms with Crippen LogP contribution in [0.3, 0.4) is 0 Å². The lowest BCUT2D eigenvalue weighted by Crippen LogP contribution is -2.49. The Morgan fingerprint density at radius 1 is 1.10 bits per heavy atom. The maximum Gasteiger partial charge on any atom is 0.0826 e. The Morgan fingerprint density at radius 3 is 2.55 bits per heavy atom. The molecule has 0 amide bonds. The maximum absolute atomic E-state index is 5.83. The van der Waals surface area contributed by atoms with Gasteiger partial charge in [-0.3, -0.25) is 4.90 Å². The number of morpholine rings is 1. The van der Waals surface area contributed by atoms with Crippen LogP contribution in [0.2, 0.25) is 0 Å². The van der Waals surface area contributed by atoms with E-state index in [0.29, 0.717) is 12.1 Å². The Bertz CT molecular complexity index is 231. The van der Waals surface area contributed by atoms with Crippen molar-refractivity contribution < 1.29 is 4.74 Å². The highest BCUT2D eigenvalue weighted by Gasteiger charge is 2.21. The van der Waals surface area contributed by atoms with Crippen molar-refractivity contribution in [2.75, 3.05) is 32.8 Å². The fourth-order valence-corrected chi connectivity index (χ4v) is 2.75. The van der Waals surface area contributed by atoms with E-state index in [-0.39, 0.29) is 0 Å². The zero-order chi connectivity index (χ0) is 14.8. The molecular formula is C17H36N2O. The first-order valence-corrected chi connectivity index (χ1v) is 8.66. The molecule has 1 aliphatic rings. The molecule has 1 unspecified atom stereocenters. The normalized spacial score (nSPS) is 21.0. The number of rotatable bonds is 10. The van der Waals surface area contributed by atoms with Gasteiger partial charge >= 0.3 is 0 Å². The molecule has 0 aromatic carbocycles. The molecule has 120 valence electrons. The third kappa shape index (κ3) is 8.23. The highest BCUT2D eigenvalue weighted by Crippen LogP contribution is 2.10. The Morgan fingerprint density at radius 2 is 1.85 bits per heavy atom. The van der Waals surface area contributed by atoms with Gasteiger partial charge in [0.15, 0.2) is 0 Å². The third-order valence-electron chi connectivity index (χ3n) is 4.16. The van der Waals surface area contributed by atoms with Crippen LogP contribution >= 0.6 is 0 Å². The molecule has 0 saturated carbocycles. The van der Waals surface area contributed by atoms with Crippen molar-refractivity contribution >= 4 is 0 Å². The van der Waals surface area contributed by atoms with Crippen molar-refractivity contribution in [1.29, 1.82) is 0 Å². The molecule has 1 N–H and O–H groups in total. The molecule has 1 aliphatic heterocycles. The van der Waals surface area contributed by atoms with Gasteiger partial charge < -0.3 is 10.1 Å². The van der Waals surface area contributed by atoms with Crippen LogP contribution in [0.4, 0.5) is 0 Å². The third-order valence-corrected chi connectivity index (χ3v) is 4.16. The van der Waals surface area contributed by atoms with Crippen LogP contribution in [0.1, 0.15) is 59.8 Å². The standard InChI is InChI=1S/C17H36N2O/c1-15(2)9-7-5-6-8-10-18-13-17-14-19(16(3)4)11-12-20-17/h15-18H,5-14H2,1-4H3. The zero-order valence-corrected chi connectivity index (χ0v) is 14.2. The number of hydrogen-bond donors (Lipinski definition) is 1. The Kier molecular flexibility index (Phi) is 9.49. The maximum atomic E-state index is 5.83. The molecule has 0 aromatic heterocycles. The molecule has 0 spiro atoms. The highest BCUT2D eigenvalue weighted by molar-refractivity contribution is 4.75. The fourth-order valence-electron chi connectivity index (χ4n) is 2.75. The van der Waals surface area contributed by atoms with E-state index in [4.69, 9.17) is 4.74 Å². The summed E-state index contributed by atoms with van der Waals surface area (Å²) >= 11 is 0. The number of nitrogens with zero attached hydrogens (tertiary/aromatic N) is 1. The average Bonchev–Trinajstić information content (AvgIpc) is 2.41. The van der Waals surface area contributed by atoms with Gasteiger partial charge in [0.1, 0.15) is 0 Å². The van der Waals surface area contributed by atoms with Gasteiger partial charge in [0, 0.05) is 25.7 Å². The summed E-state index contributed by atoms with van der Waals surface area (Å²) < 4.78 is 5.83. The summed E-state index contributed by atoms with van der Waals surface area (Å²) in [6, 6.07) is 0.641. The van der Waals surface area contributed by atoms with E-state index in [0.717, 1.165) is 38.7 Å². The number of hydrogen-bond acceptors (Lipinski definition) is 3. The molecule has 1 fully saturated rings. The number of nitrogens with one attached hydrogen (secondary N) is 1. The molecule has 1 saturated heterocycles. The Balaban J connectivity index is 1.93.